The largest absolute Gasteiger partial charge is 0.379 e. The van der Waals surface area contributed by atoms with Gasteiger partial charge in [0.25, 0.3) is 0 Å². The fourth-order valence-corrected chi connectivity index (χ4v) is 3.29. The minimum Gasteiger partial charge on any atom is -0.379 e. The number of ketones is 1. The van der Waals surface area contributed by atoms with Gasteiger partial charge in [-0.2, -0.15) is 13.7 Å². The summed E-state index contributed by atoms with van der Waals surface area (Å²) >= 11 is 0. The van der Waals surface area contributed by atoms with Crippen molar-refractivity contribution in [2.45, 2.75) is 4.90 Å². The van der Waals surface area contributed by atoms with Crippen LogP contribution in [-0.2, 0) is 10.1 Å². The molecule has 26 heavy (non-hydrogen) atoms. The summed E-state index contributed by atoms with van der Waals surface area (Å²) in [6.45, 7) is 0. The van der Waals surface area contributed by atoms with Crippen molar-refractivity contribution in [3.63, 3.8) is 0 Å². The van der Waals surface area contributed by atoms with Crippen LogP contribution in [0.5, 0.6) is 5.75 Å². The summed E-state index contributed by atoms with van der Waals surface area (Å²) in [6, 6.07) is 22.1. The summed E-state index contributed by atoms with van der Waals surface area (Å²) in [6.07, 6.45) is 0. The van der Waals surface area contributed by atoms with Crippen LogP contribution in [0.15, 0.2) is 83.8 Å². The van der Waals surface area contributed by atoms with E-state index in [1.54, 1.807) is 24.3 Å². The van der Waals surface area contributed by atoms with Gasteiger partial charge in [0.2, 0.25) is 0 Å². The van der Waals surface area contributed by atoms with E-state index in [4.69, 9.17) is 9.44 Å². The molecule has 0 bridgehead atoms. The molecule has 0 atom stereocenters. The van der Waals surface area contributed by atoms with Gasteiger partial charge < -0.3 is 4.18 Å². The lowest BCUT2D eigenvalue weighted by Crippen LogP contribution is -2.10. The number of carbonyl (C=O) groups is 1. The van der Waals surface area contributed by atoms with Crippen LogP contribution in [0, 0.1) is 11.3 Å². The van der Waals surface area contributed by atoms with Gasteiger partial charge in [0, 0.05) is 11.1 Å². The predicted molar refractivity (Wildman–Crippen MR) is 95.3 cm³/mol. The second-order valence-electron chi connectivity index (χ2n) is 5.40. The van der Waals surface area contributed by atoms with Crippen molar-refractivity contribution in [2.75, 3.05) is 0 Å². The molecule has 0 spiro atoms. The van der Waals surface area contributed by atoms with Crippen LogP contribution in [0.2, 0.25) is 0 Å². The molecule has 6 heteroatoms. The van der Waals surface area contributed by atoms with Crippen LogP contribution in [0.25, 0.3) is 0 Å². The van der Waals surface area contributed by atoms with E-state index in [1.807, 2.05) is 12.1 Å². The number of hydrogen-bond acceptors (Lipinski definition) is 5. The fraction of sp³-hybridized carbons (Fsp3) is 0. The Hall–Kier alpha value is -3.43. The number of rotatable bonds is 5. The Bertz CT molecular complexity index is 1080. The van der Waals surface area contributed by atoms with E-state index in [9.17, 15) is 13.2 Å². The number of hydrogen-bond donors (Lipinski definition) is 0. The standard InChI is InChI=1S/C20H13NO4S/c21-14-15-5-4-8-19(13-15)26(23,24)25-18-11-9-17(10-12-18)20(22)16-6-2-1-3-7-16/h1-13H. The Balaban J connectivity index is 1.81. The third kappa shape index (κ3) is 3.79. The molecule has 0 N–H and O–H groups in total. The summed E-state index contributed by atoms with van der Waals surface area (Å²) in [7, 11) is -4.07. The molecule has 0 saturated carbocycles. The third-order valence-electron chi connectivity index (χ3n) is 3.61. The Morgan fingerprint density at radius 3 is 2.15 bits per heavy atom. The lowest BCUT2D eigenvalue weighted by Gasteiger charge is -2.08. The number of benzene rings is 3. The first-order valence-electron chi connectivity index (χ1n) is 7.64. The molecular weight excluding hydrogens is 350 g/mol. The molecule has 0 amide bonds. The van der Waals surface area contributed by atoms with Gasteiger partial charge in [0.1, 0.15) is 10.6 Å². The van der Waals surface area contributed by atoms with Gasteiger partial charge in [0.15, 0.2) is 5.78 Å². The quantitative estimate of drug-likeness (QED) is 0.511. The van der Waals surface area contributed by atoms with Gasteiger partial charge in [-0.1, -0.05) is 36.4 Å². The Morgan fingerprint density at radius 1 is 0.846 bits per heavy atom. The van der Waals surface area contributed by atoms with Crippen LogP contribution < -0.4 is 4.18 Å². The van der Waals surface area contributed by atoms with Crippen LogP contribution >= 0.6 is 0 Å². The van der Waals surface area contributed by atoms with Crippen molar-refractivity contribution >= 4 is 15.9 Å². The molecule has 3 aromatic carbocycles. The second kappa shape index (κ2) is 7.21. The van der Waals surface area contributed by atoms with E-state index in [0.29, 0.717) is 11.1 Å². The van der Waals surface area contributed by atoms with Crippen LogP contribution in [0.4, 0.5) is 0 Å². The minimum atomic E-state index is -4.07. The van der Waals surface area contributed by atoms with Gasteiger partial charge >= 0.3 is 10.1 Å². The Morgan fingerprint density at radius 2 is 1.50 bits per heavy atom. The predicted octanol–water partition coefficient (Wildman–Crippen LogP) is 3.56. The molecule has 0 saturated heterocycles. The van der Waals surface area contributed by atoms with Gasteiger partial charge in [-0.3, -0.25) is 4.79 Å². The maximum atomic E-state index is 12.3. The summed E-state index contributed by atoms with van der Waals surface area (Å²) < 4.78 is 29.7. The maximum absolute atomic E-state index is 12.3. The molecule has 128 valence electrons. The molecule has 0 heterocycles. The lowest BCUT2D eigenvalue weighted by atomic mass is 10.0. The third-order valence-corrected chi connectivity index (χ3v) is 4.85. The van der Waals surface area contributed by atoms with Gasteiger partial charge in [-0.15, -0.1) is 0 Å². The lowest BCUT2D eigenvalue weighted by molar-refractivity contribution is 0.103. The first kappa shape index (κ1) is 17.4. The highest BCUT2D eigenvalue weighted by Gasteiger charge is 2.17. The van der Waals surface area contributed by atoms with Crippen molar-refractivity contribution in [3.8, 4) is 11.8 Å². The van der Waals surface area contributed by atoms with Crippen LogP contribution in [0.3, 0.4) is 0 Å². The van der Waals surface area contributed by atoms with Gasteiger partial charge in [-0.05, 0) is 42.5 Å². The summed E-state index contributed by atoms with van der Waals surface area (Å²) in [5, 5.41) is 8.88. The smallest absolute Gasteiger partial charge is 0.339 e. The molecule has 0 aromatic heterocycles. The average molecular weight is 363 g/mol. The van der Waals surface area contributed by atoms with Crippen molar-refractivity contribution in [2.24, 2.45) is 0 Å². The van der Waals surface area contributed by atoms with Gasteiger partial charge in [0.05, 0.1) is 11.6 Å². The Kier molecular flexibility index (Phi) is 4.83. The van der Waals surface area contributed by atoms with Gasteiger partial charge in [-0.25, -0.2) is 0 Å². The highest BCUT2D eigenvalue weighted by molar-refractivity contribution is 7.87. The summed E-state index contributed by atoms with van der Waals surface area (Å²) in [5.41, 5.74) is 1.19. The maximum Gasteiger partial charge on any atom is 0.339 e. The molecule has 0 fully saturated rings. The van der Waals surface area contributed by atoms with Crippen molar-refractivity contribution in [3.05, 3.63) is 95.6 Å². The molecule has 0 aliphatic heterocycles. The van der Waals surface area contributed by atoms with E-state index in [2.05, 4.69) is 0 Å². The molecule has 3 aromatic rings. The molecule has 0 unspecified atom stereocenters. The van der Waals surface area contributed by atoms with E-state index in [-0.39, 0.29) is 22.0 Å². The molecule has 0 radical (unpaired) electrons. The first-order chi connectivity index (χ1) is 12.5. The highest BCUT2D eigenvalue weighted by Crippen LogP contribution is 2.21. The van der Waals surface area contributed by atoms with E-state index >= 15 is 0 Å². The van der Waals surface area contributed by atoms with E-state index in [0.717, 1.165) is 0 Å². The summed E-state index contributed by atoms with van der Waals surface area (Å²) in [5.74, 6) is -0.0845. The van der Waals surface area contributed by atoms with Crippen LogP contribution in [0.1, 0.15) is 21.5 Å². The SMILES string of the molecule is N#Cc1cccc(S(=O)(=O)Oc2ccc(C(=O)c3ccccc3)cc2)c1. The second-order valence-corrected chi connectivity index (χ2v) is 6.94. The van der Waals surface area contributed by atoms with Crippen LogP contribution in [-0.4, -0.2) is 14.2 Å². The highest BCUT2D eigenvalue weighted by atomic mass is 32.2. The normalized spacial score (nSPS) is 10.7. The topological polar surface area (TPSA) is 84.2 Å². The number of carbonyl (C=O) groups excluding carboxylic acids is 1. The fourth-order valence-electron chi connectivity index (χ4n) is 2.31. The Labute approximate surface area is 151 Å². The first-order valence-corrected chi connectivity index (χ1v) is 9.05. The molecule has 0 aliphatic carbocycles. The number of nitriles is 1. The molecule has 5 nitrogen and oxygen atoms in total. The zero-order valence-corrected chi connectivity index (χ0v) is 14.3. The van der Waals surface area contributed by atoms with Crippen molar-refractivity contribution in [1.29, 1.82) is 5.26 Å². The number of nitrogens with zero attached hydrogens (tertiary/aromatic N) is 1. The zero-order valence-electron chi connectivity index (χ0n) is 13.5. The monoisotopic (exact) mass is 363 g/mol. The van der Waals surface area contributed by atoms with E-state index in [1.165, 1.54) is 48.5 Å². The molecule has 3 rings (SSSR count). The zero-order chi connectivity index (χ0) is 18.6. The molecular formula is C20H13NO4S. The average Bonchev–Trinajstić information content (AvgIpc) is 2.68. The van der Waals surface area contributed by atoms with E-state index < -0.39 is 10.1 Å². The molecule has 0 aliphatic rings. The van der Waals surface area contributed by atoms with Crippen molar-refractivity contribution in [1.82, 2.24) is 0 Å². The minimum absolute atomic E-state index is 0.0805. The summed E-state index contributed by atoms with van der Waals surface area (Å²) in [4.78, 5) is 12.2. The van der Waals surface area contributed by atoms with Crippen molar-refractivity contribution < 1.29 is 17.4 Å².